The molecule has 7 heteroatoms. The number of nitrogens with zero attached hydrogens (tertiary/aromatic N) is 1. The Morgan fingerprint density at radius 1 is 1.50 bits per heavy atom. The lowest BCUT2D eigenvalue weighted by molar-refractivity contribution is -0.139. The van der Waals surface area contributed by atoms with Crippen LogP contribution in [0.2, 0.25) is 0 Å². The van der Waals surface area contributed by atoms with E-state index in [1.54, 1.807) is 0 Å². The summed E-state index contributed by atoms with van der Waals surface area (Å²) in [7, 11) is 0. The molecule has 0 radical (unpaired) electrons. The highest BCUT2D eigenvalue weighted by Crippen LogP contribution is 2.01. The van der Waals surface area contributed by atoms with Crippen molar-refractivity contribution in [2.24, 2.45) is 16.5 Å². The molecule has 0 aliphatic heterocycles. The van der Waals surface area contributed by atoms with Gasteiger partial charge in [0.2, 0.25) is 0 Å². The van der Waals surface area contributed by atoms with E-state index in [2.05, 4.69) is 22.5 Å². The standard InChI is InChI=1S/C9H18N4O2S/c10-9(11)13-4-2-1-3-7(8(14)15)12-5-6-16/h6-7,12H,1-5H2,(H,14,15)(H4,10,11,13)/t7-/m0/s1. The zero-order valence-corrected chi connectivity index (χ0v) is 9.87. The van der Waals surface area contributed by atoms with Crippen LogP contribution < -0.4 is 16.8 Å². The van der Waals surface area contributed by atoms with Crippen molar-refractivity contribution in [3.63, 3.8) is 0 Å². The first kappa shape index (κ1) is 14.8. The third-order valence-corrected chi connectivity index (χ3v) is 2.11. The van der Waals surface area contributed by atoms with Gasteiger partial charge in [-0.15, -0.1) is 0 Å². The molecule has 0 aliphatic rings. The highest BCUT2D eigenvalue weighted by atomic mass is 32.1. The number of nitrogens with one attached hydrogen (secondary N) is 1. The Morgan fingerprint density at radius 3 is 2.69 bits per heavy atom. The topological polar surface area (TPSA) is 114 Å². The number of carboxylic acids is 1. The lowest BCUT2D eigenvalue weighted by Crippen LogP contribution is -2.37. The summed E-state index contributed by atoms with van der Waals surface area (Å²) in [5, 5.41) is 13.2. The minimum atomic E-state index is -0.862. The van der Waals surface area contributed by atoms with E-state index in [0.29, 0.717) is 19.5 Å². The van der Waals surface area contributed by atoms with Crippen LogP contribution in [0.1, 0.15) is 19.3 Å². The molecule has 16 heavy (non-hydrogen) atoms. The van der Waals surface area contributed by atoms with Crippen molar-refractivity contribution in [1.82, 2.24) is 5.32 Å². The maximum atomic E-state index is 10.8. The van der Waals surface area contributed by atoms with E-state index in [4.69, 9.17) is 16.6 Å². The lowest BCUT2D eigenvalue weighted by Gasteiger charge is -2.12. The number of unbranched alkanes of at least 4 members (excludes halogenated alkanes) is 1. The fourth-order valence-electron chi connectivity index (χ4n) is 1.17. The second-order valence-electron chi connectivity index (χ2n) is 3.27. The number of rotatable bonds is 9. The Hall–Kier alpha value is -1.21. The second-order valence-corrected chi connectivity index (χ2v) is 3.60. The van der Waals surface area contributed by atoms with Crippen molar-refractivity contribution >= 4 is 29.5 Å². The van der Waals surface area contributed by atoms with Crippen LogP contribution in [0.5, 0.6) is 0 Å². The summed E-state index contributed by atoms with van der Waals surface area (Å²) in [6.07, 6.45) is 2.05. The number of hydrogen-bond donors (Lipinski definition) is 4. The minimum Gasteiger partial charge on any atom is -0.480 e. The van der Waals surface area contributed by atoms with Crippen molar-refractivity contribution in [1.29, 1.82) is 0 Å². The summed E-state index contributed by atoms with van der Waals surface area (Å²) < 4.78 is 0. The van der Waals surface area contributed by atoms with Crippen molar-refractivity contribution in [2.75, 3.05) is 13.1 Å². The molecule has 0 rings (SSSR count). The molecular formula is C9H18N4O2S. The molecule has 6 N–H and O–H groups in total. The summed E-state index contributed by atoms with van der Waals surface area (Å²) in [5.41, 5.74) is 10.3. The van der Waals surface area contributed by atoms with Crippen LogP contribution >= 0.6 is 12.2 Å². The molecule has 0 fully saturated rings. The number of carboxylic acid groups (broad SMARTS) is 1. The van der Waals surface area contributed by atoms with Gasteiger partial charge < -0.3 is 21.9 Å². The summed E-state index contributed by atoms with van der Waals surface area (Å²) in [6.45, 7) is 0.946. The molecule has 0 amide bonds. The smallest absolute Gasteiger partial charge is 0.320 e. The largest absolute Gasteiger partial charge is 0.480 e. The number of hydrogen-bond acceptors (Lipinski definition) is 4. The predicted molar refractivity (Wildman–Crippen MR) is 67.6 cm³/mol. The Bertz CT molecular complexity index is 254. The first-order valence-electron chi connectivity index (χ1n) is 5.03. The van der Waals surface area contributed by atoms with Crippen LogP contribution in [0.25, 0.3) is 0 Å². The van der Waals surface area contributed by atoms with Crippen LogP contribution in [0, 0.1) is 0 Å². The fraction of sp³-hybridized carbons (Fsp3) is 0.667. The van der Waals surface area contributed by atoms with Gasteiger partial charge >= 0.3 is 5.97 Å². The Balaban J connectivity index is 3.72. The van der Waals surface area contributed by atoms with Crippen LogP contribution in [0.15, 0.2) is 4.99 Å². The molecule has 0 saturated carbocycles. The minimum absolute atomic E-state index is 0.0635. The van der Waals surface area contributed by atoms with Gasteiger partial charge in [-0.25, -0.2) is 0 Å². The molecule has 0 unspecified atom stereocenters. The zero-order chi connectivity index (χ0) is 12.4. The first-order valence-corrected chi connectivity index (χ1v) is 5.50. The van der Waals surface area contributed by atoms with E-state index >= 15 is 0 Å². The van der Waals surface area contributed by atoms with Gasteiger partial charge in [0.15, 0.2) is 5.96 Å². The van der Waals surface area contributed by atoms with Crippen molar-refractivity contribution < 1.29 is 9.90 Å². The average molecular weight is 246 g/mol. The van der Waals surface area contributed by atoms with Crippen molar-refractivity contribution in [3.8, 4) is 0 Å². The molecule has 0 saturated heterocycles. The average Bonchev–Trinajstić information content (AvgIpc) is 2.21. The molecule has 1 atom stereocenters. The molecule has 92 valence electrons. The normalized spacial score (nSPS) is 11.8. The van der Waals surface area contributed by atoms with E-state index in [1.807, 2.05) is 0 Å². The van der Waals surface area contributed by atoms with Gasteiger partial charge in [0, 0.05) is 13.1 Å². The number of guanidine groups is 1. The van der Waals surface area contributed by atoms with Gasteiger partial charge in [-0.05, 0) is 24.6 Å². The van der Waals surface area contributed by atoms with Crippen LogP contribution in [-0.4, -0.2) is 41.5 Å². The Morgan fingerprint density at radius 2 is 2.19 bits per heavy atom. The van der Waals surface area contributed by atoms with E-state index in [0.717, 1.165) is 12.8 Å². The maximum absolute atomic E-state index is 10.8. The highest BCUT2D eigenvalue weighted by molar-refractivity contribution is 7.79. The number of aliphatic imine (C=N–C) groups is 1. The van der Waals surface area contributed by atoms with E-state index in [1.165, 1.54) is 5.37 Å². The first-order chi connectivity index (χ1) is 7.57. The van der Waals surface area contributed by atoms with Crippen LogP contribution in [0.3, 0.4) is 0 Å². The van der Waals surface area contributed by atoms with Crippen molar-refractivity contribution in [3.05, 3.63) is 0 Å². The molecule has 0 heterocycles. The molecule has 0 spiro atoms. The maximum Gasteiger partial charge on any atom is 0.320 e. The summed E-state index contributed by atoms with van der Waals surface area (Å²) in [6, 6.07) is -0.557. The number of carbonyl (C=O) groups is 1. The monoisotopic (exact) mass is 246 g/mol. The second kappa shape index (κ2) is 9.05. The zero-order valence-electron chi connectivity index (χ0n) is 9.06. The van der Waals surface area contributed by atoms with Crippen molar-refractivity contribution in [2.45, 2.75) is 25.3 Å². The molecule has 6 nitrogen and oxygen atoms in total. The number of thiocarbonyl (C=S) groups is 1. The van der Waals surface area contributed by atoms with E-state index in [-0.39, 0.29) is 5.96 Å². The summed E-state index contributed by atoms with van der Waals surface area (Å²) in [4.78, 5) is 14.6. The quantitative estimate of drug-likeness (QED) is 0.188. The third kappa shape index (κ3) is 8.13. The molecule has 0 aromatic rings. The van der Waals surface area contributed by atoms with Gasteiger partial charge in [0.1, 0.15) is 6.04 Å². The van der Waals surface area contributed by atoms with Gasteiger partial charge in [-0.2, -0.15) is 0 Å². The fourth-order valence-corrected chi connectivity index (χ4v) is 1.27. The van der Waals surface area contributed by atoms with E-state index in [9.17, 15) is 4.79 Å². The third-order valence-electron chi connectivity index (χ3n) is 1.94. The molecule has 0 aromatic heterocycles. The Kier molecular flexibility index (Phi) is 8.36. The van der Waals surface area contributed by atoms with Gasteiger partial charge in [-0.3, -0.25) is 9.79 Å². The lowest BCUT2D eigenvalue weighted by atomic mass is 10.1. The Labute approximate surface area is 100 Å². The highest BCUT2D eigenvalue weighted by Gasteiger charge is 2.14. The van der Waals surface area contributed by atoms with Crippen LogP contribution in [-0.2, 0) is 4.79 Å². The van der Waals surface area contributed by atoms with Gasteiger partial charge in [0.25, 0.3) is 0 Å². The molecule has 0 bridgehead atoms. The van der Waals surface area contributed by atoms with Crippen LogP contribution in [0.4, 0.5) is 0 Å². The SMILES string of the molecule is NC(N)=NCCCC[C@H](NCC=S)C(=O)O. The number of nitrogens with two attached hydrogens (primary N) is 2. The van der Waals surface area contributed by atoms with E-state index < -0.39 is 12.0 Å². The molecule has 0 aromatic carbocycles. The summed E-state index contributed by atoms with van der Waals surface area (Å²) in [5.74, 6) is -0.799. The molecule has 0 aliphatic carbocycles. The molecular weight excluding hydrogens is 228 g/mol. The van der Waals surface area contributed by atoms with Gasteiger partial charge in [0.05, 0.1) is 0 Å². The van der Waals surface area contributed by atoms with Gasteiger partial charge in [-0.1, -0.05) is 12.2 Å². The summed E-state index contributed by atoms with van der Waals surface area (Å²) >= 11 is 4.61. The predicted octanol–water partition coefficient (Wildman–Crippen LogP) is -0.527. The number of aliphatic carboxylic acids is 1.